The third-order valence-corrected chi connectivity index (χ3v) is 6.89. The van der Waals surface area contributed by atoms with Gasteiger partial charge in [-0.25, -0.2) is 4.79 Å². The molecule has 1 amide bonds. The van der Waals surface area contributed by atoms with Gasteiger partial charge in [-0.3, -0.25) is 4.79 Å². The van der Waals surface area contributed by atoms with E-state index < -0.39 is 11.4 Å². The molecule has 0 unspecified atom stereocenters. The summed E-state index contributed by atoms with van der Waals surface area (Å²) < 4.78 is 10.8. The molecular formula is C26H24N2O4S. The lowest BCUT2D eigenvalue weighted by atomic mass is 9.70. The van der Waals surface area contributed by atoms with Gasteiger partial charge in [0.1, 0.15) is 10.8 Å². The van der Waals surface area contributed by atoms with Gasteiger partial charge in [0.2, 0.25) is 0 Å². The second-order valence-corrected chi connectivity index (χ2v) is 8.92. The predicted octanol–water partition coefficient (Wildman–Crippen LogP) is 4.89. The highest BCUT2D eigenvalue weighted by Gasteiger charge is 2.40. The average molecular weight is 461 g/mol. The topological polar surface area (TPSA) is 88.4 Å². The number of nitrogens with one attached hydrogen (secondary N) is 1. The van der Waals surface area contributed by atoms with E-state index in [1.54, 1.807) is 19.1 Å². The number of amides is 1. The van der Waals surface area contributed by atoms with Crippen LogP contribution in [0.1, 0.15) is 39.7 Å². The Morgan fingerprint density at radius 3 is 2.48 bits per heavy atom. The van der Waals surface area contributed by atoms with Crippen molar-refractivity contribution < 1.29 is 19.1 Å². The van der Waals surface area contributed by atoms with Crippen molar-refractivity contribution in [3.8, 4) is 11.8 Å². The SMILES string of the molecule is CCOC(=O)c1c(NC(=O)COc2ccccc2)sc2c1CC[C@](C#N)(c1ccccc1)C2. The quantitative estimate of drug-likeness (QED) is 0.507. The van der Waals surface area contributed by atoms with E-state index in [-0.39, 0.29) is 19.1 Å². The normalized spacial score (nSPS) is 16.8. The van der Waals surface area contributed by atoms with Crippen LogP contribution in [-0.4, -0.2) is 25.1 Å². The number of para-hydroxylation sites is 1. The van der Waals surface area contributed by atoms with Gasteiger partial charge in [0, 0.05) is 11.3 Å². The molecule has 0 saturated heterocycles. The first-order valence-electron chi connectivity index (χ1n) is 10.8. The Kier molecular flexibility index (Phi) is 6.76. The van der Waals surface area contributed by atoms with Gasteiger partial charge in [0.25, 0.3) is 5.91 Å². The van der Waals surface area contributed by atoms with Crippen molar-refractivity contribution in [2.45, 2.75) is 31.6 Å². The molecule has 1 aliphatic rings. The molecule has 168 valence electrons. The summed E-state index contributed by atoms with van der Waals surface area (Å²) in [5, 5.41) is 13.4. The number of hydrogen-bond acceptors (Lipinski definition) is 6. The largest absolute Gasteiger partial charge is 0.484 e. The lowest BCUT2D eigenvalue weighted by molar-refractivity contribution is -0.118. The van der Waals surface area contributed by atoms with Crippen LogP contribution in [0.25, 0.3) is 0 Å². The molecule has 4 rings (SSSR count). The molecule has 6 nitrogen and oxygen atoms in total. The number of anilines is 1. The Morgan fingerprint density at radius 2 is 1.82 bits per heavy atom. The van der Waals surface area contributed by atoms with Gasteiger partial charge in [-0.05, 0) is 43.0 Å². The zero-order valence-electron chi connectivity index (χ0n) is 18.3. The van der Waals surface area contributed by atoms with E-state index in [1.165, 1.54) is 11.3 Å². The van der Waals surface area contributed by atoms with Crippen LogP contribution in [0.4, 0.5) is 5.00 Å². The summed E-state index contributed by atoms with van der Waals surface area (Å²) in [7, 11) is 0. The third-order valence-electron chi connectivity index (χ3n) is 5.74. The van der Waals surface area contributed by atoms with Crippen LogP contribution < -0.4 is 10.1 Å². The maximum Gasteiger partial charge on any atom is 0.341 e. The van der Waals surface area contributed by atoms with Crippen LogP contribution in [0.15, 0.2) is 60.7 Å². The fraction of sp³-hybridized carbons (Fsp3) is 0.269. The second-order valence-electron chi connectivity index (χ2n) is 7.82. The van der Waals surface area contributed by atoms with Gasteiger partial charge >= 0.3 is 5.97 Å². The molecule has 0 aliphatic heterocycles. The number of esters is 1. The van der Waals surface area contributed by atoms with Crippen LogP contribution in [-0.2, 0) is 27.8 Å². The lowest BCUT2D eigenvalue weighted by Gasteiger charge is -2.31. The molecule has 7 heteroatoms. The highest BCUT2D eigenvalue weighted by molar-refractivity contribution is 7.17. The molecule has 3 aromatic rings. The lowest BCUT2D eigenvalue weighted by Crippen LogP contribution is -2.31. The minimum absolute atomic E-state index is 0.180. The number of thiophene rings is 1. The van der Waals surface area contributed by atoms with Crippen molar-refractivity contribution in [1.29, 1.82) is 5.26 Å². The van der Waals surface area contributed by atoms with Crippen molar-refractivity contribution in [3.63, 3.8) is 0 Å². The molecule has 0 fully saturated rings. The molecule has 0 radical (unpaired) electrons. The summed E-state index contributed by atoms with van der Waals surface area (Å²) in [6, 6.07) is 21.3. The molecule has 2 aromatic carbocycles. The second kappa shape index (κ2) is 9.88. The summed E-state index contributed by atoms with van der Waals surface area (Å²) in [6.45, 7) is 1.81. The monoisotopic (exact) mass is 460 g/mol. The van der Waals surface area contributed by atoms with E-state index in [4.69, 9.17) is 9.47 Å². The summed E-state index contributed by atoms with van der Waals surface area (Å²) in [4.78, 5) is 26.3. The van der Waals surface area contributed by atoms with Gasteiger partial charge in [-0.2, -0.15) is 5.26 Å². The molecule has 0 saturated carbocycles. The highest BCUT2D eigenvalue weighted by atomic mass is 32.1. The van der Waals surface area contributed by atoms with E-state index >= 15 is 0 Å². The van der Waals surface area contributed by atoms with Gasteiger partial charge in [0.15, 0.2) is 6.61 Å². The van der Waals surface area contributed by atoms with E-state index in [9.17, 15) is 14.9 Å². The number of ether oxygens (including phenoxy) is 2. The number of carbonyl (C=O) groups is 2. The van der Waals surface area contributed by atoms with Crippen LogP contribution >= 0.6 is 11.3 Å². The van der Waals surface area contributed by atoms with Crippen LogP contribution in [0.3, 0.4) is 0 Å². The summed E-state index contributed by atoms with van der Waals surface area (Å²) in [5.41, 5.74) is 1.55. The van der Waals surface area contributed by atoms with Crippen molar-refractivity contribution in [2.24, 2.45) is 0 Å². The smallest absolute Gasteiger partial charge is 0.341 e. The van der Waals surface area contributed by atoms with Crippen molar-refractivity contribution >= 4 is 28.2 Å². The Morgan fingerprint density at radius 1 is 1.12 bits per heavy atom. The standard InChI is InChI=1S/C26H24N2O4S/c1-2-31-25(30)23-20-13-14-26(17-27,18-9-5-3-6-10-18)15-21(20)33-24(23)28-22(29)16-32-19-11-7-4-8-12-19/h3-12H,2,13-16H2,1H3,(H,28,29)/t26-/m0/s1. The number of nitriles is 1. The van der Waals surface area contributed by atoms with Crippen molar-refractivity contribution in [2.75, 3.05) is 18.5 Å². The highest BCUT2D eigenvalue weighted by Crippen LogP contribution is 2.45. The van der Waals surface area contributed by atoms with E-state index in [0.29, 0.717) is 35.6 Å². The minimum atomic E-state index is -0.664. The Bertz CT molecular complexity index is 1180. The first-order chi connectivity index (χ1) is 16.1. The molecule has 33 heavy (non-hydrogen) atoms. The van der Waals surface area contributed by atoms with Crippen molar-refractivity contribution in [3.05, 3.63) is 82.2 Å². The van der Waals surface area contributed by atoms with E-state index in [1.807, 2.05) is 48.5 Å². The summed E-state index contributed by atoms with van der Waals surface area (Å²) in [6.07, 6.45) is 1.63. The van der Waals surface area contributed by atoms with Crippen LogP contribution in [0.5, 0.6) is 5.75 Å². The first-order valence-corrected chi connectivity index (χ1v) is 11.6. The summed E-state index contributed by atoms with van der Waals surface area (Å²) in [5.74, 6) is -0.235. The molecule has 1 aliphatic carbocycles. The molecule has 0 bridgehead atoms. The number of carbonyl (C=O) groups excluding carboxylic acids is 2. The Balaban J connectivity index is 1.60. The molecule has 1 N–H and O–H groups in total. The number of fused-ring (bicyclic) bond motifs is 1. The van der Waals surface area contributed by atoms with Gasteiger partial charge < -0.3 is 14.8 Å². The van der Waals surface area contributed by atoms with Gasteiger partial charge in [-0.15, -0.1) is 11.3 Å². The van der Waals surface area contributed by atoms with Gasteiger partial charge in [0.05, 0.1) is 23.7 Å². The summed E-state index contributed by atoms with van der Waals surface area (Å²) >= 11 is 1.34. The molecule has 1 aromatic heterocycles. The first kappa shape index (κ1) is 22.6. The number of benzene rings is 2. The number of nitrogens with zero attached hydrogens (tertiary/aromatic N) is 1. The van der Waals surface area contributed by atoms with Crippen LogP contribution in [0.2, 0.25) is 0 Å². The zero-order chi connectivity index (χ0) is 23.3. The minimum Gasteiger partial charge on any atom is -0.484 e. The van der Waals surface area contributed by atoms with Gasteiger partial charge in [-0.1, -0.05) is 48.5 Å². The molecular weight excluding hydrogens is 436 g/mol. The zero-order valence-corrected chi connectivity index (χ0v) is 19.1. The van der Waals surface area contributed by atoms with E-state index in [2.05, 4.69) is 11.4 Å². The maximum atomic E-state index is 12.8. The number of rotatable bonds is 7. The maximum absolute atomic E-state index is 12.8. The molecule has 0 spiro atoms. The average Bonchev–Trinajstić information content (AvgIpc) is 3.20. The van der Waals surface area contributed by atoms with Crippen molar-refractivity contribution in [1.82, 2.24) is 0 Å². The number of hydrogen-bond donors (Lipinski definition) is 1. The molecule has 1 atom stereocenters. The Hall–Kier alpha value is -3.63. The van der Waals surface area contributed by atoms with Crippen LogP contribution in [0, 0.1) is 11.3 Å². The fourth-order valence-electron chi connectivity index (χ4n) is 4.12. The predicted molar refractivity (Wildman–Crippen MR) is 127 cm³/mol. The third kappa shape index (κ3) is 4.76. The van der Waals surface area contributed by atoms with E-state index in [0.717, 1.165) is 16.0 Å². The Labute approximate surface area is 196 Å². The fourth-order valence-corrected chi connectivity index (χ4v) is 5.49. The molecule has 1 heterocycles.